The monoisotopic (exact) mass is 275 g/mol. The average Bonchev–Trinajstić information content (AvgIpc) is 2.13. The summed E-state index contributed by atoms with van der Waals surface area (Å²) < 4.78 is 62.8. The molecule has 1 aromatic rings. The normalized spacial score (nSPS) is 15.8. The summed E-state index contributed by atoms with van der Waals surface area (Å²) in [5, 5.41) is 8.49. The van der Waals surface area contributed by atoms with Gasteiger partial charge in [-0.05, 0) is 12.1 Å². The van der Waals surface area contributed by atoms with E-state index in [0.717, 1.165) is 0 Å². The van der Waals surface area contributed by atoms with E-state index < -0.39 is 35.5 Å². The van der Waals surface area contributed by atoms with Crippen molar-refractivity contribution in [2.75, 3.05) is 0 Å². The van der Waals surface area contributed by atoms with E-state index in [-0.39, 0.29) is 5.02 Å². The van der Waals surface area contributed by atoms with Crippen LogP contribution in [0.1, 0.15) is 11.6 Å². The van der Waals surface area contributed by atoms with Gasteiger partial charge < -0.3 is 10.8 Å². The molecule has 0 aromatic heterocycles. The first-order valence-corrected chi connectivity index (χ1v) is 4.67. The summed E-state index contributed by atoms with van der Waals surface area (Å²) in [6.45, 7) is 0. The minimum absolute atomic E-state index is 0.322. The highest BCUT2D eigenvalue weighted by molar-refractivity contribution is 6.30. The van der Waals surface area contributed by atoms with Crippen molar-refractivity contribution >= 4 is 11.6 Å². The molecule has 0 saturated heterocycles. The van der Waals surface area contributed by atoms with Crippen molar-refractivity contribution in [3.63, 3.8) is 0 Å². The molecule has 0 heterocycles. The van der Waals surface area contributed by atoms with Crippen molar-refractivity contribution in [1.29, 1.82) is 0 Å². The number of alkyl halides is 3. The van der Waals surface area contributed by atoms with Crippen LogP contribution in [0.2, 0.25) is 5.02 Å². The van der Waals surface area contributed by atoms with Gasteiger partial charge in [0.2, 0.25) is 0 Å². The molecule has 2 atom stereocenters. The van der Waals surface area contributed by atoms with Gasteiger partial charge in [0.25, 0.3) is 0 Å². The minimum Gasteiger partial charge on any atom is -0.382 e. The van der Waals surface area contributed by atoms with Gasteiger partial charge in [-0.3, -0.25) is 0 Å². The van der Waals surface area contributed by atoms with Crippen molar-refractivity contribution in [2.24, 2.45) is 5.73 Å². The summed E-state index contributed by atoms with van der Waals surface area (Å²) in [5.74, 6) is -2.68. The van der Waals surface area contributed by atoms with E-state index in [4.69, 9.17) is 22.4 Å². The maximum absolute atomic E-state index is 13.2. The average molecular weight is 276 g/mol. The predicted molar refractivity (Wildman–Crippen MR) is 50.4 cm³/mol. The fraction of sp³-hybridized carbons (Fsp3) is 0.333. The highest BCUT2D eigenvalue weighted by Crippen LogP contribution is 2.32. The predicted octanol–water partition coefficient (Wildman–Crippen LogP) is 2.54. The number of benzene rings is 1. The number of halogens is 6. The Morgan fingerprint density at radius 3 is 1.94 bits per heavy atom. The number of rotatable bonds is 2. The van der Waals surface area contributed by atoms with E-state index in [9.17, 15) is 22.0 Å². The van der Waals surface area contributed by atoms with Gasteiger partial charge >= 0.3 is 6.18 Å². The molecule has 0 unspecified atom stereocenters. The van der Waals surface area contributed by atoms with E-state index >= 15 is 0 Å². The molecule has 0 aliphatic carbocycles. The molecule has 0 saturated carbocycles. The largest absolute Gasteiger partial charge is 0.416 e. The molecular weight excluding hydrogens is 269 g/mol. The third kappa shape index (κ3) is 3.05. The Labute approximate surface area is 97.8 Å². The lowest BCUT2D eigenvalue weighted by Gasteiger charge is -2.22. The number of hydrogen-bond donors (Lipinski definition) is 2. The van der Waals surface area contributed by atoms with Crippen molar-refractivity contribution in [3.05, 3.63) is 34.4 Å². The Hall–Kier alpha value is -0.920. The first-order chi connectivity index (χ1) is 7.64. The Balaban J connectivity index is 3.17. The smallest absolute Gasteiger partial charge is 0.382 e. The topological polar surface area (TPSA) is 46.2 Å². The maximum atomic E-state index is 13.2. The quantitative estimate of drug-likeness (QED) is 0.815. The van der Waals surface area contributed by atoms with Crippen molar-refractivity contribution in [2.45, 2.75) is 18.3 Å². The van der Waals surface area contributed by atoms with Crippen molar-refractivity contribution in [1.82, 2.24) is 0 Å². The number of nitrogens with two attached hydrogens (primary N) is 1. The van der Waals surface area contributed by atoms with Crippen molar-refractivity contribution in [3.8, 4) is 0 Å². The summed E-state index contributed by atoms with van der Waals surface area (Å²) in [7, 11) is 0. The molecule has 0 aliphatic heterocycles. The Morgan fingerprint density at radius 2 is 1.59 bits per heavy atom. The lowest BCUT2D eigenvalue weighted by molar-refractivity contribution is -0.210. The van der Waals surface area contributed by atoms with E-state index in [0.29, 0.717) is 12.1 Å². The maximum Gasteiger partial charge on any atom is 0.416 e. The second-order valence-electron chi connectivity index (χ2n) is 3.30. The lowest BCUT2D eigenvalue weighted by Crippen LogP contribution is -2.39. The fourth-order valence-corrected chi connectivity index (χ4v) is 1.42. The second-order valence-corrected chi connectivity index (χ2v) is 3.73. The van der Waals surface area contributed by atoms with Gasteiger partial charge in [0, 0.05) is 10.6 Å². The third-order valence-corrected chi connectivity index (χ3v) is 2.27. The van der Waals surface area contributed by atoms with Gasteiger partial charge in [-0.1, -0.05) is 11.6 Å². The molecule has 17 heavy (non-hydrogen) atoms. The standard InChI is InChI=1S/C9H7ClF5NO/c10-3-1-4(11)6(5(12)2-3)7(16)8(17)9(13,14)15/h1-2,7-8,17H,16H2/t7-,8-/m1/s1. The molecule has 0 aliphatic rings. The lowest BCUT2D eigenvalue weighted by atomic mass is 10.0. The zero-order valence-electron chi connectivity index (χ0n) is 8.10. The van der Waals surface area contributed by atoms with E-state index in [2.05, 4.69) is 0 Å². The van der Waals surface area contributed by atoms with Gasteiger partial charge in [0.05, 0.1) is 6.04 Å². The van der Waals surface area contributed by atoms with Crippen LogP contribution in [0.4, 0.5) is 22.0 Å². The van der Waals surface area contributed by atoms with Crippen LogP contribution < -0.4 is 5.73 Å². The van der Waals surface area contributed by atoms with Crippen LogP contribution in [0.3, 0.4) is 0 Å². The van der Waals surface area contributed by atoms with Gasteiger partial charge in [-0.15, -0.1) is 0 Å². The van der Waals surface area contributed by atoms with Crippen LogP contribution in [0.15, 0.2) is 12.1 Å². The molecule has 1 aromatic carbocycles. The molecule has 96 valence electrons. The molecule has 8 heteroatoms. The van der Waals surface area contributed by atoms with Gasteiger partial charge in [-0.2, -0.15) is 13.2 Å². The van der Waals surface area contributed by atoms with Crippen LogP contribution in [-0.2, 0) is 0 Å². The van der Waals surface area contributed by atoms with E-state index in [1.807, 2.05) is 0 Å². The van der Waals surface area contributed by atoms with Crippen molar-refractivity contribution < 1.29 is 27.1 Å². The van der Waals surface area contributed by atoms with Crippen LogP contribution in [0, 0.1) is 11.6 Å². The summed E-state index contributed by atoms with van der Waals surface area (Å²) >= 11 is 5.29. The van der Waals surface area contributed by atoms with Crippen LogP contribution >= 0.6 is 11.6 Å². The van der Waals surface area contributed by atoms with Gasteiger partial charge in [0.15, 0.2) is 6.10 Å². The fourth-order valence-electron chi connectivity index (χ4n) is 1.23. The molecular formula is C9H7ClF5NO. The zero-order chi connectivity index (χ0) is 13.4. The number of hydrogen-bond acceptors (Lipinski definition) is 2. The van der Waals surface area contributed by atoms with Crippen LogP contribution in [-0.4, -0.2) is 17.4 Å². The second kappa shape index (κ2) is 4.75. The first kappa shape index (κ1) is 14.1. The number of aliphatic hydroxyl groups is 1. The van der Waals surface area contributed by atoms with Gasteiger partial charge in [-0.25, -0.2) is 8.78 Å². The highest BCUT2D eigenvalue weighted by Gasteiger charge is 2.44. The Kier molecular flexibility index (Phi) is 3.95. The Bertz CT molecular complexity index is 399. The summed E-state index contributed by atoms with van der Waals surface area (Å²) in [5.41, 5.74) is 3.93. The first-order valence-electron chi connectivity index (χ1n) is 4.29. The zero-order valence-corrected chi connectivity index (χ0v) is 8.86. The molecule has 0 bridgehead atoms. The SMILES string of the molecule is N[C@H](c1c(F)cc(Cl)cc1F)[C@@H](O)C(F)(F)F. The number of aliphatic hydroxyl groups excluding tert-OH is 1. The summed E-state index contributed by atoms with van der Waals surface area (Å²) in [4.78, 5) is 0. The molecule has 0 fully saturated rings. The summed E-state index contributed by atoms with van der Waals surface area (Å²) in [6, 6.07) is -1.03. The van der Waals surface area contributed by atoms with Gasteiger partial charge in [0.1, 0.15) is 11.6 Å². The van der Waals surface area contributed by atoms with E-state index in [1.54, 1.807) is 0 Å². The summed E-state index contributed by atoms with van der Waals surface area (Å²) in [6.07, 6.45) is -8.13. The third-order valence-electron chi connectivity index (χ3n) is 2.05. The van der Waals surface area contributed by atoms with Crippen LogP contribution in [0.25, 0.3) is 0 Å². The molecule has 3 N–H and O–H groups in total. The molecule has 0 amide bonds. The van der Waals surface area contributed by atoms with E-state index in [1.165, 1.54) is 0 Å². The Morgan fingerprint density at radius 1 is 1.18 bits per heavy atom. The molecule has 2 nitrogen and oxygen atoms in total. The molecule has 0 radical (unpaired) electrons. The minimum atomic E-state index is -5.07. The van der Waals surface area contributed by atoms with Crippen LogP contribution in [0.5, 0.6) is 0 Å². The highest BCUT2D eigenvalue weighted by atomic mass is 35.5. The molecule has 0 spiro atoms. The molecule has 1 rings (SSSR count).